The van der Waals surface area contributed by atoms with Gasteiger partial charge in [-0.25, -0.2) is 0 Å². The number of hydrogen-bond donors (Lipinski definition) is 1. The molecule has 0 fully saturated rings. The summed E-state index contributed by atoms with van der Waals surface area (Å²) in [6, 6.07) is 10.1. The van der Waals surface area contributed by atoms with Crippen LogP contribution < -0.4 is 0 Å². The zero-order chi connectivity index (χ0) is 11.3. The Labute approximate surface area is 97.8 Å². The van der Waals surface area contributed by atoms with E-state index in [1.807, 2.05) is 25.1 Å². The summed E-state index contributed by atoms with van der Waals surface area (Å²) in [7, 11) is 1.72. The minimum atomic E-state index is -0.341. The Hall–Kier alpha value is -0.341. The molecule has 0 aliphatic heterocycles. The van der Waals surface area contributed by atoms with Gasteiger partial charge in [0.2, 0.25) is 0 Å². The van der Waals surface area contributed by atoms with E-state index < -0.39 is 0 Å². The molecule has 1 N–H and O–H groups in total. The van der Waals surface area contributed by atoms with E-state index >= 15 is 0 Å². The first-order valence-electron chi connectivity index (χ1n) is 4.98. The second-order valence-electron chi connectivity index (χ2n) is 3.58. The van der Waals surface area contributed by atoms with Crippen LogP contribution >= 0.6 is 0 Å². The number of rotatable bonds is 5. The predicted octanol–water partition coefficient (Wildman–Crippen LogP) is 2.01. The Morgan fingerprint density at radius 2 is 2.00 bits per heavy atom. The number of aliphatic hydroxyl groups is 1. The zero-order valence-electron chi connectivity index (χ0n) is 9.43. The summed E-state index contributed by atoms with van der Waals surface area (Å²) >= 11 is 0.292. The quantitative estimate of drug-likeness (QED) is 0.832. The van der Waals surface area contributed by atoms with Crippen molar-refractivity contribution in [2.45, 2.75) is 29.8 Å². The Bertz CT molecular complexity index is 281. The molecule has 2 nitrogen and oxygen atoms in total. The molecule has 1 aromatic carbocycles. The molecule has 0 aliphatic rings. The number of methoxy groups -OCH3 is 1. The predicted molar refractivity (Wildman–Crippen MR) is 63.0 cm³/mol. The van der Waals surface area contributed by atoms with E-state index in [4.69, 9.17) is 4.74 Å². The third kappa shape index (κ3) is 3.05. The molecular formula is C12H18O2Se. The van der Waals surface area contributed by atoms with Gasteiger partial charge in [-0.15, -0.1) is 0 Å². The van der Waals surface area contributed by atoms with Crippen LogP contribution in [0.3, 0.4) is 0 Å². The van der Waals surface area contributed by atoms with Crippen LogP contribution in [0.15, 0.2) is 30.3 Å². The standard InChI is InChI=1S/C12H18O2Se/c1-10(13)9-12(14-2,15-3)11-7-5-4-6-8-11/h4-8,10,13H,9H2,1-3H3. The molecule has 1 aromatic rings. The van der Waals surface area contributed by atoms with Crippen molar-refractivity contribution in [3.8, 4) is 0 Å². The van der Waals surface area contributed by atoms with E-state index in [2.05, 4.69) is 18.0 Å². The molecule has 0 aromatic heterocycles. The zero-order valence-corrected chi connectivity index (χ0v) is 11.1. The number of benzene rings is 1. The van der Waals surface area contributed by atoms with Gasteiger partial charge in [-0.3, -0.25) is 0 Å². The van der Waals surface area contributed by atoms with E-state index in [1.165, 1.54) is 0 Å². The van der Waals surface area contributed by atoms with Crippen molar-refractivity contribution in [1.29, 1.82) is 0 Å². The fourth-order valence-corrected chi connectivity index (χ4v) is 3.67. The molecule has 0 bridgehead atoms. The summed E-state index contributed by atoms with van der Waals surface area (Å²) in [6.45, 7) is 1.81. The van der Waals surface area contributed by atoms with E-state index in [0.29, 0.717) is 21.4 Å². The van der Waals surface area contributed by atoms with Crippen LogP contribution in [0.2, 0.25) is 5.82 Å². The van der Waals surface area contributed by atoms with E-state index in [0.717, 1.165) is 5.56 Å². The second-order valence-corrected chi connectivity index (χ2v) is 5.82. The molecule has 15 heavy (non-hydrogen) atoms. The van der Waals surface area contributed by atoms with Crippen molar-refractivity contribution in [3.63, 3.8) is 0 Å². The molecule has 0 saturated carbocycles. The summed E-state index contributed by atoms with van der Waals surface area (Å²) < 4.78 is 5.36. The van der Waals surface area contributed by atoms with Crippen LogP contribution in [-0.4, -0.2) is 33.3 Å². The maximum atomic E-state index is 9.54. The van der Waals surface area contributed by atoms with E-state index in [1.54, 1.807) is 7.11 Å². The monoisotopic (exact) mass is 274 g/mol. The molecule has 2 atom stereocenters. The molecule has 0 amide bonds. The van der Waals surface area contributed by atoms with E-state index in [-0.39, 0.29) is 10.6 Å². The van der Waals surface area contributed by atoms with Gasteiger partial charge >= 0.3 is 97.6 Å². The number of aliphatic hydroxyl groups excluding tert-OH is 1. The second kappa shape index (κ2) is 5.66. The van der Waals surface area contributed by atoms with Crippen molar-refractivity contribution < 1.29 is 9.84 Å². The van der Waals surface area contributed by atoms with Gasteiger partial charge < -0.3 is 0 Å². The summed E-state index contributed by atoms with van der Waals surface area (Å²) in [4.78, 5) is 0. The fraction of sp³-hybridized carbons (Fsp3) is 0.500. The first kappa shape index (κ1) is 12.7. The van der Waals surface area contributed by atoms with Gasteiger partial charge in [0.05, 0.1) is 0 Å². The van der Waals surface area contributed by atoms with E-state index in [9.17, 15) is 5.11 Å². The minimum absolute atomic E-state index is 0.289. The van der Waals surface area contributed by atoms with Crippen molar-refractivity contribution >= 4 is 15.0 Å². The molecule has 0 spiro atoms. The molecule has 3 heteroatoms. The summed E-state index contributed by atoms with van der Waals surface area (Å²) in [5.41, 5.74) is 1.16. The number of ether oxygens (including phenoxy) is 1. The van der Waals surface area contributed by atoms with Crippen molar-refractivity contribution in [2.24, 2.45) is 0 Å². The molecule has 0 radical (unpaired) electrons. The van der Waals surface area contributed by atoms with Crippen LogP contribution in [0, 0.1) is 0 Å². The van der Waals surface area contributed by atoms with Gasteiger partial charge in [-0.05, 0) is 0 Å². The Morgan fingerprint density at radius 3 is 2.40 bits per heavy atom. The van der Waals surface area contributed by atoms with Crippen molar-refractivity contribution in [3.05, 3.63) is 35.9 Å². The molecule has 84 valence electrons. The van der Waals surface area contributed by atoms with Gasteiger partial charge in [-0.2, -0.15) is 0 Å². The Kier molecular flexibility index (Phi) is 4.81. The summed E-state index contributed by atoms with van der Waals surface area (Å²) in [5, 5.41) is 9.54. The van der Waals surface area contributed by atoms with Crippen LogP contribution in [0.1, 0.15) is 18.9 Å². The van der Waals surface area contributed by atoms with Gasteiger partial charge in [0.25, 0.3) is 0 Å². The third-order valence-corrected chi connectivity index (χ3v) is 5.01. The molecule has 0 aliphatic carbocycles. The fourth-order valence-electron chi connectivity index (χ4n) is 1.68. The molecule has 1 rings (SSSR count). The molecule has 0 heterocycles. The van der Waals surface area contributed by atoms with Crippen LogP contribution in [0.4, 0.5) is 0 Å². The Balaban J connectivity index is 3.00. The van der Waals surface area contributed by atoms with Crippen LogP contribution in [0.25, 0.3) is 0 Å². The van der Waals surface area contributed by atoms with Crippen LogP contribution in [0.5, 0.6) is 0 Å². The maximum absolute atomic E-state index is 9.54. The normalized spacial score (nSPS) is 17.1. The van der Waals surface area contributed by atoms with Crippen molar-refractivity contribution in [2.75, 3.05) is 7.11 Å². The summed E-state index contributed by atoms with van der Waals surface area (Å²) in [5.74, 6) is 2.14. The van der Waals surface area contributed by atoms with Gasteiger partial charge in [-0.1, -0.05) is 0 Å². The topological polar surface area (TPSA) is 29.5 Å². The van der Waals surface area contributed by atoms with Crippen LogP contribution in [-0.2, 0) is 9.24 Å². The first-order chi connectivity index (χ1) is 7.14. The third-order valence-electron chi connectivity index (χ3n) is 2.44. The SMILES string of the molecule is COC(CC(C)O)([Se]C)c1ccccc1. The number of hydrogen-bond acceptors (Lipinski definition) is 2. The summed E-state index contributed by atoms with van der Waals surface area (Å²) in [6.07, 6.45) is 0.316. The first-order valence-corrected chi connectivity index (χ1v) is 7.55. The van der Waals surface area contributed by atoms with Gasteiger partial charge in [0.1, 0.15) is 0 Å². The molecular weight excluding hydrogens is 255 g/mol. The van der Waals surface area contributed by atoms with Gasteiger partial charge in [0, 0.05) is 0 Å². The molecule has 0 saturated heterocycles. The average molecular weight is 273 g/mol. The van der Waals surface area contributed by atoms with Crippen molar-refractivity contribution in [1.82, 2.24) is 0 Å². The Morgan fingerprint density at radius 1 is 1.40 bits per heavy atom. The molecule has 2 unspecified atom stereocenters. The average Bonchev–Trinajstić information content (AvgIpc) is 2.27. The van der Waals surface area contributed by atoms with Gasteiger partial charge in [0.15, 0.2) is 0 Å².